The minimum absolute atomic E-state index is 0.0982. The SMILES string of the molecule is CC1=C(C(=O)Nc2ccccn2)[C@@H](c2ccc(N(C)C)cc2)C2=C(CC(C)(C)CC2=O)N1. The second-order valence-corrected chi connectivity index (χ2v) is 9.58. The van der Waals surface area contributed by atoms with E-state index in [0.29, 0.717) is 23.4 Å². The first-order valence-electron chi connectivity index (χ1n) is 10.9. The Hall–Kier alpha value is -3.41. The van der Waals surface area contributed by atoms with Crippen LogP contribution in [0.5, 0.6) is 0 Å². The van der Waals surface area contributed by atoms with E-state index < -0.39 is 5.92 Å². The monoisotopic (exact) mass is 430 g/mol. The van der Waals surface area contributed by atoms with Gasteiger partial charge in [0.05, 0.1) is 0 Å². The fourth-order valence-corrected chi connectivity index (χ4v) is 4.66. The largest absolute Gasteiger partial charge is 0.378 e. The van der Waals surface area contributed by atoms with Crippen LogP contribution in [-0.2, 0) is 9.59 Å². The summed E-state index contributed by atoms with van der Waals surface area (Å²) in [7, 11) is 3.98. The number of pyridine rings is 1. The van der Waals surface area contributed by atoms with Crippen LogP contribution in [0, 0.1) is 5.41 Å². The molecule has 1 atom stereocenters. The summed E-state index contributed by atoms with van der Waals surface area (Å²) in [5.74, 6) is -0.0918. The predicted molar refractivity (Wildman–Crippen MR) is 127 cm³/mol. The fraction of sp³-hybridized carbons (Fsp3) is 0.346. The third kappa shape index (κ3) is 4.17. The number of allylic oxidation sites excluding steroid dienone is 3. The Kier molecular flexibility index (Phi) is 5.63. The standard InChI is InChI=1S/C26H30N4O2/c1-16-22(25(32)29-21-8-6-7-13-27-21)23(17-9-11-18(12-10-17)30(4)5)24-19(28-16)14-26(2,3)15-20(24)31/h6-13,23,28H,14-15H2,1-5H3,(H,27,29,32)/t23-/m1/s1. The summed E-state index contributed by atoms with van der Waals surface area (Å²) in [4.78, 5) is 33.1. The lowest BCUT2D eigenvalue weighted by atomic mass is 9.68. The van der Waals surface area contributed by atoms with E-state index in [1.165, 1.54) is 0 Å². The number of hydrogen-bond donors (Lipinski definition) is 2. The highest BCUT2D eigenvalue weighted by atomic mass is 16.2. The van der Waals surface area contributed by atoms with Crippen molar-refractivity contribution in [3.8, 4) is 0 Å². The van der Waals surface area contributed by atoms with Gasteiger partial charge in [-0.05, 0) is 48.6 Å². The topological polar surface area (TPSA) is 74.3 Å². The van der Waals surface area contributed by atoms with Crippen molar-refractivity contribution in [3.63, 3.8) is 0 Å². The van der Waals surface area contributed by atoms with Crippen LogP contribution in [0.4, 0.5) is 11.5 Å². The highest BCUT2D eigenvalue weighted by Crippen LogP contribution is 2.46. The molecule has 2 aliphatic rings. The van der Waals surface area contributed by atoms with Crippen molar-refractivity contribution < 1.29 is 9.59 Å². The number of benzene rings is 1. The molecule has 4 rings (SSSR count). The highest BCUT2D eigenvalue weighted by Gasteiger charge is 2.42. The van der Waals surface area contributed by atoms with Crippen molar-refractivity contribution >= 4 is 23.2 Å². The maximum Gasteiger partial charge on any atom is 0.255 e. The van der Waals surface area contributed by atoms with E-state index >= 15 is 0 Å². The smallest absolute Gasteiger partial charge is 0.255 e. The van der Waals surface area contributed by atoms with Gasteiger partial charge in [-0.3, -0.25) is 9.59 Å². The molecule has 2 N–H and O–H groups in total. The van der Waals surface area contributed by atoms with E-state index in [9.17, 15) is 9.59 Å². The van der Waals surface area contributed by atoms with Crippen LogP contribution in [0.2, 0.25) is 0 Å². The number of hydrogen-bond acceptors (Lipinski definition) is 5. The number of ketones is 1. The molecule has 32 heavy (non-hydrogen) atoms. The number of amides is 1. The first-order chi connectivity index (χ1) is 15.2. The summed E-state index contributed by atoms with van der Waals surface area (Å²) >= 11 is 0. The van der Waals surface area contributed by atoms with Gasteiger partial charge < -0.3 is 15.5 Å². The molecule has 0 saturated heterocycles. The minimum Gasteiger partial charge on any atom is -0.378 e. The zero-order chi connectivity index (χ0) is 23.0. The Morgan fingerprint density at radius 1 is 1.12 bits per heavy atom. The number of nitrogens with zero attached hydrogens (tertiary/aromatic N) is 2. The lowest BCUT2D eigenvalue weighted by molar-refractivity contribution is -0.118. The molecule has 0 radical (unpaired) electrons. The average Bonchev–Trinajstić information content (AvgIpc) is 2.72. The predicted octanol–water partition coefficient (Wildman–Crippen LogP) is 4.39. The third-order valence-electron chi connectivity index (χ3n) is 6.13. The molecule has 6 heteroatoms. The first kappa shape index (κ1) is 21.8. The van der Waals surface area contributed by atoms with Gasteiger partial charge in [0.25, 0.3) is 5.91 Å². The highest BCUT2D eigenvalue weighted by molar-refractivity contribution is 6.09. The Labute approximate surface area is 189 Å². The third-order valence-corrected chi connectivity index (χ3v) is 6.13. The maximum absolute atomic E-state index is 13.5. The lowest BCUT2D eigenvalue weighted by Gasteiger charge is -2.39. The zero-order valence-corrected chi connectivity index (χ0v) is 19.3. The van der Waals surface area contributed by atoms with E-state index in [4.69, 9.17) is 0 Å². The molecule has 2 aromatic rings. The Balaban J connectivity index is 1.80. The molecule has 1 aliphatic carbocycles. The molecule has 0 saturated carbocycles. The molecule has 0 unspecified atom stereocenters. The summed E-state index contributed by atoms with van der Waals surface area (Å²) < 4.78 is 0. The summed E-state index contributed by atoms with van der Waals surface area (Å²) in [5, 5.41) is 6.31. The number of aromatic nitrogens is 1. The molecular weight excluding hydrogens is 400 g/mol. The molecule has 1 amide bonds. The number of nitrogens with one attached hydrogen (secondary N) is 2. The lowest BCUT2D eigenvalue weighted by Crippen LogP contribution is -2.39. The minimum atomic E-state index is -0.422. The number of anilines is 2. The normalized spacial score (nSPS) is 19.9. The van der Waals surface area contributed by atoms with Crippen LogP contribution < -0.4 is 15.5 Å². The Bertz CT molecular complexity index is 1110. The van der Waals surface area contributed by atoms with Crippen LogP contribution in [0.25, 0.3) is 0 Å². The van der Waals surface area contributed by atoms with Crippen LogP contribution in [0.15, 0.2) is 71.2 Å². The molecule has 1 aromatic heterocycles. The molecular formula is C26H30N4O2. The van der Waals surface area contributed by atoms with Gasteiger partial charge in [0.15, 0.2) is 5.78 Å². The summed E-state index contributed by atoms with van der Waals surface area (Å²) in [5.41, 5.74) is 4.84. The van der Waals surface area contributed by atoms with Crippen molar-refractivity contribution in [2.24, 2.45) is 5.41 Å². The van der Waals surface area contributed by atoms with E-state index in [1.54, 1.807) is 18.3 Å². The number of dihydropyridines is 1. The van der Waals surface area contributed by atoms with Crippen LogP contribution in [0.3, 0.4) is 0 Å². The average molecular weight is 431 g/mol. The van der Waals surface area contributed by atoms with Gasteiger partial charge in [-0.2, -0.15) is 0 Å². The van der Waals surface area contributed by atoms with E-state index in [0.717, 1.165) is 29.1 Å². The van der Waals surface area contributed by atoms with Gasteiger partial charge in [-0.1, -0.05) is 32.0 Å². The van der Waals surface area contributed by atoms with Crippen molar-refractivity contribution in [1.29, 1.82) is 0 Å². The molecule has 0 bridgehead atoms. The van der Waals surface area contributed by atoms with Gasteiger partial charge in [0, 0.05) is 60.9 Å². The first-order valence-corrected chi connectivity index (χ1v) is 10.9. The second-order valence-electron chi connectivity index (χ2n) is 9.58. The summed E-state index contributed by atoms with van der Waals surface area (Å²) in [6, 6.07) is 13.5. The van der Waals surface area contributed by atoms with Crippen LogP contribution >= 0.6 is 0 Å². The van der Waals surface area contributed by atoms with Crippen molar-refractivity contribution in [1.82, 2.24) is 10.3 Å². The second kappa shape index (κ2) is 8.26. The van der Waals surface area contributed by atoms with Crippen LogP contribution in [0.1, 0.15) is 45.1 Å². The number of rotatable bonds is 4. The fourth-order valence-electron chi connectivity index (χ4n) is 4.66. The molecule has 1 aliphatic heterocycles. The Morgan fingerprint density at radius 2 is 1.84 bits per heavy atom. The van der Waals surface area contributed by atoms with Crippen molar-refractivity contribution in [2.45, 2.75) is 39.5 Å². The van der Waals surface area contributed by atoms with Gasteiger partial charge >= 0.3 is 0 Å². The number of carbonyl (C=O) groups excluding carboxylic acids is 2. The summed E-state index contributed by atoms with van der Waals surface area (Å²) in [6.45, 7) is 6.13. The van der Waals surface area contributed by atoms with Crippen molar-refractivity contribution in [2.75, 3.05) is 24.3 Å². The summed E-state index contributed by atoms with van der Waals surface area (Å²) in [6.07, 6.45) is 2.88. The van der Waals surface area contributed by atoms with Gasteiger partial charge in [0.2, 0.25) is 0 Å². The molecule has 166 valence electrons. The van der Waals surface area contributed by atoms with Gasteiger partial charge in [-0.25, -0.2) is 4.98 Å². The van der Waals surface area contributed by atoms with Gasteiger partial charge in [-0.15, -0.1) is 0 Å². The molecule has 0 spiro atoms. The van der Waals surface area contributed by atoms with Crippen molar-refractivity contribution in [3.05, 3.63) is 76.8 Å². The zero-order valence-electron chi connectivity index (χ0n) is 19.3. The molecule has 0 fully saturated rings. The van der Waals surface area contributed by atoms with E-state index in [1.807, 2.05) is 56.3 Å². The molecule has 1 aromatic carbocycles. The van der Waals surface area contributed by atoms with E-state index in [2.05, 4.69) is 29.5 Å². The van der Waals surface area contributed by atoms with Crippen LogP contribution in [-0.4, -0.2) is 30.8 Å². The quantitative estimate of drug-likeness (QED) is 0.753. The Morgan fingerprint density at radius 3 is 2.47 bits per heavy atom. The molecule has 6 nitrogen and oxygen atoms in total. The van der Waals surface area contributed by atoms with E-state index in [-0.39, 0.29) is 17.1 Å². The number of carbonyl (C=O) groups is 2. The molecule has 2 heterocycles. The number of Topliss-reactive ketones (excluding diaryl/α,β-unsaturated/α-hetero) is 1. The maximum atomic E-state index is 13.5. The van der Waals surface area contributed by atoms with Gasteiger partial charge in [0.1, 0.15) is 5.82 Å².